The zero-order valence-corrected chi connectivity index (χ0v) is 23.8. The minimum Gasteiger partial charge on any atom is -0.400 e. The maximum absolute atomic E-state index is 13.6. The molecular weight excluding hydrogens is 610 g/mol. The maximum atomic E-state index is 13.6. The summed E-state index contributed by atoms with van der Waals surface area (Å²) < 4.78 is 34.7. The highest BCUT2D eigenvalue weighted by molar-refractivity contribution is 9.10. The molecule has 2 aromatic heterocycles. The molecule has 1 aliphatic rings. The van der Waals surface area contributed by atoms with Crippen LogP contribution in [0.25, 0.3) is 10.2 Å². The molecule has 1 unspecified atom stereocenters. The maximum Gasteiger partial charge on any atom is 0.433 e. The summed E-state index contributed by atoms with van der Waals surface area (Å²) in [6.45, 7) is 2.36. The second-order valence-electron chi connectivity index (χ2n) is 8.89. The first-order valence-corrected chi connectivity index (χ1v) is 15.0. The van der Waals surface area contributed by atoms with E-state index in [1.807, 2.05) is 19.1 Å². The number of carbonyl (C=O) groups excluding carboxylic acids is 1. The van der Waals surface area contributed by atoms with Gasteiger partial charge in [-0.05, 0) is 68.3 Å². The zero-order valence-electron chi connectivity index (χ0n) is 20.6. The molecular formula is C25H22BrN5O6S2. The summed E-state index contributed by atoms with van der Waals surface area (Å²) in [5.41, 5.74) is 0.834. The third kappa shape index (κ3) is 5.64. The number of nitro groups is 1. The van der Waals surface area contributed by atoms with Crippen LogP contribution in [-0.4, -0.2) is 47.3 Å². The Labute approximate surface area is 236 Å². The lowest BCUT2D eigenvalue weighted by Crippen LogP contribution is -2.41. The number of hydrogen-bond donors (Lipinski definition) is 0. The van der Waals surface area contributed by atoms with E-state index in [2.05, 4.69) is 26.0 Å². The number of furan rings is 1. The number of aromatic nitrogens is 1. The zero-order chi connectivity index (χ0) is 27.7. The number of fused-ring (bicyclic) bond motifs is 1. The molecule has 11 nitrogen and oxygen atoms in total. The van der Waals surface area contributed by atoms with Gasteiger partial charge in [0.25, 0.3) is 5.91 Å². The molecule has 0 radical (unpaired) electrons. The average Bonchev–Trinajstić information content (AvgIpc) is 3.56. The fraction of sp³-hybridized carbons (Fsp3) is 0.240. The van der Waals surface area contributed by atoms with Crippen molar-refractivity contribution >= 4 is 70.6 Å². The molecule has 0 saturated carbocycles. The largest absolute Gasteiger partial charge is 0.433 e. The molecule has 1 aliphatic heterocycles. The highest BCUT2D eigenvalue weighted by atomic mass is 79.9. The van der Waals surface area contributed by atoms with Crippen molar-refractivity contribution in [2.24, 2.45) is 5.10 Å². The van der Waals surface area contributed by atoms with Crippen LogP contribution < -0.4 is 5.01 Å². The molecule has 4 aromatic rings. The first-order chi connectivity index (χ1) is 18.6. The number of thiazole rings is 1. The summed E-state index contributed by atoms with van der Waals surface area (Å²) in [5.74, 6) is -0.958. The van der Waals surface area contributed by atoms with E-state index >= 15 is 0 Å². The number of benzene rings is 2. The van der Waals surface area contributed by atoms with Crippen LogP contribution in [0.4, 0.5) is 11.0 Å². The summed E-state index contributed by atoms with van der Waals surface area (Å²) in [7, 11) is -3.70. The van der Waals surface area contributed by atoms with Gasteiger partial charge in [-0.15, -0.1) is 0 Å². The van der Waals surface area contributed by atoms with Crippen LogP contribution >= 0.6 is 27.3 Å². The van der Waals surface area contributed by atoms with Crippen molar-refractivity contribution in [1.29, 1.82) is 0 Å². The standard InChI is InChI=1S/C25H22BrN5O6S2/c1-16-4-2-3-13-29(16)39(35,36)20-9-5-17(6-10-20)24(32)30(27-15-19-8-12-23(37-19)31(33)34)25-28-21-11-7-18(26)14-22(21)38-25/h5-12,14-16H,2-4,13H2,1H3/b27-15+. The van der Waals surface area contributed by atoms with Gasteiger partial charge in [0.15, 0.2) is 5.76 Å². The Kier molecular flexibility index (Phi) is 7.62. The number of anilines is 1. The summed E-state index contributed by atoms with van der Waals surface area (Å²) in [6.07, 6.45) is 3.79. The van der Waals surface area contributed by atoms with E-state index in [0.717, 1.165) is 33.4 Å². The normalized spacial score (nSPS) is 16.6. The number of piperidine rings is 1. The van der Waals surface area contributed by atoms with Crippen molar-refractivity contribution in [2.45, 2.75) is 37.1 Å². The fourth-order valence-corrected chi connectivity index (χ4v) is 7.42. The van der Waals surface area contributed by atoms with Crippen LogP contribution in [0.15, 0.2) is 73.5 Å². The number of carbonyl (C=O) groups is 1. The Bertz CT molecular complexity index is 1680. The quantitative estimate of drug-likeness (QED) is 0.142. The van der Waals surface area contributed by atoms with E-state index in [1.54, 1.807) is 6.07 Å². The molecule has 14 heteroatoms. The predicted molar refractivity (Wildman–Crippen MR) is 151 cm³/mol. The van der Waals surface area contributed by atoms with Gasteiger partial charge in [0.1, 0.15) is 4.92 Å². The van der Waals surface area contributed by atoms with Gasteiger partial charge in [0.2, 0.25) is 15.2 Å². The Morgan fingerprint density at radius 2 is 2.00 bits per heavy atom. The number of sulfonamides is 1. The highest BCUT2D eigenvalue weighted by Gasteiger charge is 2.31. The van der Waals surface area contributed by atoms with Gasteiger partial charge in [0, 0.05) is 22.6 Å². The predicted octanol–water partition coefficient (Wildman–Crippen LogP) is 5.80. The van der Waals surface area contributed by atoms with Gasteiger partial charge in [-0.25, -0.2) is 13.4 Å². The van der Waals surface area contributed by atoms with Crippen molar-refractivity contribution in [2.75, 3.05) is 11.6 Å². The monoisotopic (exact) mass is 631 g/mol. The van der Waals surface area contributed by atoms with Gasteiger partial charge in [-0.2, -0.15) is 14.4 Å². The van der Waals surface area contributed by atoms with Crippen molar-refractivity contribution in [3.8, 4) is 0 Å². The second kappa shape index (κ2) is 11.0. The molecule has 1 fully saturated rings. The van der Waals surface area contributed by atoms with Crippen LogP contribution in [0.1, 0.15) is 42.3 Å². The number of rotatable bonds is 7. The summed E-state index contributed by atoms with van der Waals surface area (Å²) in [6, 6.07) is 13.6. The lowest BCUT2D eigenvalue weighted by molar-refractivity contribution is -0.402. The highest BCUT2D eigenvalue weighted by Crippen LogP contribution is 2.32. The summed E-state index contributed by atoms with van der Waals surface area (Å²) in [4.78, 5) is 28.5. The second-order valence-corrected chi connectivity index (χ2v) is 12.7. The average molecular weight is 633 g/mol. The first kappa shape index (κ1) is 27.1. The number of amides is 1. The Morgan fingerprint density at radius 1 is 1.23 bits per heavy atom. The van der Waals surface area contributed by atoms with Gasteiger partial charge >= 0.3 is 5.88 Å². The van der Waals surface area contributed by atoms with Crippen molar-refractivity contribution in [3.63, 3.8) is 0 Å². The molecule has 1 amide bonds. The molecule has 202 valence electrons. The lowest BCUT2D eigenvalue weighted by atomic mass is 10.1. The third-order valence-corrected chi connectivity index (χ3v) is 9.77. The van der Waals surface area contributed by atoms with Crippen molar-refractivity contribution < 1.29 is 22.6 Å². The van der Waals surface area contributed by atoms with Gasteiger partial charge in [-0.1, -0.05) is 33.7 Å². The molecule has 5 rings (SSSR count). The van der Waals surface area contributed by atoms with E-state index in [0.29, 0.717) is 12.1 Å². The molecule has 0 N–H and O–H groups in total. The van der Waals surface area contributed by atoms with E-state index in [4.69, 9.17) is 4.42 Å². The van der Waals surface area contributed by atoms with Crippen LogP contribution in [0.2, 0.25) is 0 Å². The van der Waals surface area contributed by atoms with E-state index in [1.165, 1.54) is 58.3 Å². The van der Waals surface area contributed by atoms with E-state index in [9.17, 15) is 23.3 Å². The first-order valence-electron chi connectivity index (χ1n) is 11.9. The SMILES string of the molecule is CC1CCCCN1S(=O)(=O)c1ccc(C(=O)N(/N=C/c2ccc([N+](=O)[O-])o2)c2nc3ccc(Br)cc3s2)cc1. The number of hydrogen-bond acceptors (Lipinski definition) is 9. The molecule has 1 atom stereocenters. The Morgan fingerprint density at radius 3 is 2.69 bits per heavy atom. The Balaban J connectivity index is 1.48. The van der Waals surface area contributed by atoms with Gasteiger partial charge in [0.05, 0.1) is 27.4 Å². The third-order valence-electron chi connectivity index (χ3n) is 6.26. The Hall–Kier alpha value is -3.46. The number of nitrogens with zero attached hydrogens (tertiary/aromatic N) is 5. The minimum atomic E-state index is -3.70. The van der Waals surface area contributed by atoms with Crippen LogP contribution in [-0.2, 0) is 10.0 Å². The van der Waals surface area contributed by atoms with Crippen LogP contribution in [0.3, 0.4) is 0 Å². The van der Waals surface area contributed by atoms with Crippen LogP contribution in [0, 0.1) is 10.1 Å². The van der Waals surface area contributed by atoms with Gasteiger partial charge < -0.3 is 4.42 Å². The number of hydrazone groups is 1. The summed E-state index contributed by atoms with van der Waals surface area (Å²) in [5, 5.41) is 16.5. The smallest absolute Gasteiger partial charge is 0.400 e. The van der Waals surface area contributed by atoms with Crippen molar-refractivity contribution in [1.82, 2.24) is 9.29 Å². The molecule has 39 heavy (non-hydrogen) atoms. The molecule has 0 aliphatic carbocycles. The van der Waals surface area contributed by atoms with E-state index in [-0.39, 0.29) is 27.4 Å². The van der Waals surface area contributed by atoms with Crippen molar-refractivity contribution in [3.05, 3.63) is 80.5 Å². The minimum absolute atomic E-state index is 0.0699. The molecule has 0 spiro atoms. The molecule has 3 heterocycles. The topological polar surface area (TPSA) is 139 Å². The summed E-state index contributed by atoms with van der Waals surface area (Å²) >= 11 is 4.65. The lowest BCUT2D eigenvalue weighted by Gasteiger charge is -2.32. The molecule has 2 aromatic carbocycles. The van der Waals surface area contributed by atoms with E-state index < -0.39 is 26.7 Å². The number of halogens is 1. The molecule has 1 saturated heterocycles. The van der Waals surface area contributed by atoms with Crippen LogP contribution in [0.5, 0.6) is 0 Å². The van der Waals surface area contributed by atoms with Gasteiger partial charge in [-0.3, -0.25) is 14.9 Å². The molecule has 0 bridgehead atoms. The fourth-order valence-electron chi connectivity index (χ4n) is 4.25.